The van der Waals surface area contributed by atoms with Crippen LogP contribution < -0.4 is 10.7 Å². The van der Waals surface area contributed by atoms with Gasteiger partial charge in [0.1, 0.15) is 23.4 Å². The van der Waals surface area contributed by atoms with Gasteiger partial charge in [-0.05, 0) is 43.5 Å². The highest BCUT2D eigenvalue weighted by Gasteiger charge is 2.23. The molecule has 0 unspecified atom stereocenters. The Kier molecular flexibility index (Phi) is 8.08. The number of carbonyl (C=O) groups excluding carboxylic acids is 2. The number of amides is 2. The Labute approximate surface area is 201 Å². The van der Waals surface area contributed by atoms with E-state index in [2.05, 4.69) is 15.8 Å². The van der Waals surface area contributed by atoms with Crippen molar-refractivity contribution < 1.29 is 23.3 Å². The third-order valence-electron chi connectivity index (χ3n) is 5.21. The Morgan fingerprint density at radius 3 is 2.57 bits per heavy atom. The zero-order valence-corrected chi connectivity index (χ0v) is 19.4. The molecule has 0 bridgehead atoms. The Morgan fingerprint density at radius 2 is 1.89 bits per heavy atom. The van der Waals surface area contributed by atoms with E-state index >= 15 is 0 Å². The second-order valence-corrected chi connectivity index (χ2v) is 8.28. The van der Waals surface area contributed by atoms with Crippen molar-refractivity contribution in [2.75, 3.05) is 0 Å². The highest BCUT2D eigenvalue weighted by molar-refractivity contribution is 5.97. The fourth-order valence-corrected chi connectivity index (χ4v) is 3.48. The minimum absolute atomic E-state index is 0.0185. The minimum Gasteiger partial charge on any atom is -0.455 e. The molecule has 9 nitrogen and oxygen atoms in total. The van der Waals surface area contributed by atoms with Crippen LogP contribution in [-0.2, 0) is 4.79 Å². The van der Waals surface area contributed by atoms with E-state index in [1.807, 2.05) is 13.8 Å². The molecule has 35 heavy (non-hydrogen) atoms. The molecule has 1 atom stereocenters. The molecule has 0 spiro atoms. The maximum absolute atomic E-state index is 13.9. The van der Waals surface area contributed by atoms with E-state index in [0.29, 0.717) is 29.1 Å². The smallest absolute Gasteiger partial charge is 0.273 e. The van der Waals surface area contributed by atoms with Crippen LogP contribution >= 0.6 is 0 Å². The number of carbonyl (C=O) groups is 2. The number of hydrazone groups is 1. The van der Waals surface area contributed by atoms with Gasteiger partial charge in [0.25, 0.3) is 17.5 Å². The van der Waals surface area contributed by atoms with Gasteiger partial charge in [0.15, 0.2) is 0 Å². The molecule has 2 aromatic carbocycles. The topological polar surface area (TPSA) is 127 Å². The number of hydrogen-bond donors (Lipinski definition) is 2. The maximum atomic E-state index is 13.9. The van der Waals surface area contributed by atoms with Crippen LogP contribution in [0.15, 0.2) is 64.1 Å². The van der Waals surface area contributed by atoms with E-state index in [0.717, 1.165) is 0 Å². The molecule has 0 saturated heterocycles. The Hall–Kier alpha value is -4.34. The molecule has 3 aromatic rings. The maximum Gasteiger partial charge on any atom is 0.273 e. The molecular formula is C25H25FN4O5. The molecule has 0 aliphatic rings. The van der Waals surface area contributed by atoms with E-state index in [4.69, 9.17) is 4.42 Å². The van der Waals surface area contributed by atoms with Crippen LogP contribution in [0.2, 0.25) is 0 Å². The number of nitro benzene ring substituents is 1. The van der Waals surface area contributed by atoms with Crippen molar-refractivity contribution >= 4 is 23.7 Å². The standard InChI is InChI=1S/C25H25FN4O5/c1-15(2)13-21(28-24(31)19-7-4-5-9-20(19)26)25(32)29-27-14-17-11-12-23(35-17)18-8-6-10-22(16(18)3)30(33)34/h4-12,14-15,21H,13H2,1-3H3,(H,28,31)(H,29,32)/b27-14-/t21-/m0/s1. The highest BCUT2D eigenvalue weighted by atomic mass is 19.1. The number of hydrogen-bond acceptors (Lipinski definition) is 6. The van der Waals surface area contributed by atoms with Gasteiger partial charge >= 0.3 is 0 Å². The average molecular weight is 480 g/mol. The first-order valence-corrected chi connectivity index (χ1v) is 10.9. The first-order chi connectivity index (χ1) is 16.7. The zero-order chi connectivity index (χ0) is 25.5. The Bertz CT molecular complexity index is 1270. The van der Waals surface area contributed by atoms with Gasteiger partial charge in [-0.25, -0.2) is 9.82 Å². The highest BCUT2D eigenvalue weighted by Crippen LogP contribution is 2.30. The van der Waals surface area contributed by atoms with Crippen LogP contribution in [0.5, 0.6) is 0 Å². The fraction of sp³-hybridized carbons (Fsp3) is 0.240. The quantitative estimate of drug-likeness (QED) is 0.263. The summed E-state index contributed by atoms with van der Waals surface area (Å²) in [7, 11) is 0. The van der Waals surface area contributed by atoms with E-state index in [1.165, 1.54) is 36.5 Å². The molecule has 2 amide bonds. The second-order valence-electron chi connectivity index (χ2n) is 8.28. The Morgan fingerprint density at radius 1 is 1.14 bits per heavy atom. The van der Waals surface area contributed by atoms with Gasteiger partial charge in [-0.15, -0.1) is 0 Å². The molecule has 182 valence electrons. The molecule has 10 heteroatoms. The van der Waals surface area contributed by atoms with Crippen LogP contribution in [0, 0.1) is 28.8 Å². The summed E-state index contributed by atoms with van der Waals surface area (Å²) in [6.45, 7) is 5.41. The monoisotopic (exact) mass is 480 g/mol. The molecule has 1 heterocycles. The summed E-state index contributed by atoms with van der Waals surface area (Å²) < 4.78 is 19.6. The van der Waals surface area contributed by atoms with Crippen molar-refractivity contribution in [3.63, 3.8) is 0 Å². The number of nitrogens with zero attached hydrogens (tertiary/aromatic N) is 2. The lowest BCUT2D eigenvalue weighted by atomic mass is 10.0. The molecule has 0 aliphatic carbocycles. The fourth-order valence-electron chi connectivity index (χ4n) is 3.48. The van der Waals surface area contributed by atoms with Gasteiger partial charge in [0.2, 0.25) is 0 Å². The molecule has 0 saturated carbocycles. The van der Waals surface area contributed by atoms with Crippen molar-refractivity contribution in [1.82, 2.24) is 10.7 Å². The summed E-state index contributed by atoms with van der Waals surface area (Å²) >= 11 is 0. The summed E-state index contributed by atoms with van der Waals surface area (Å²) in [5.74, 6) is -1.16. The second kappa shape index (κ2) is 11.2. The van der Waals surface area contributed by atoms with Crippen molar-refractivity contribution in [2.45, 2.75) is 33.2 Å². The van der Waals surface area contributed by atoms with Crippen molar-refractivity contribution in [3.05, 3.63) is 87.4 Å². The summed E-state index contributed by atoms with van der Waals surface area (Å²) in [5, 5.41) is 17.6. The predicted molar refractivity (Wildman–Crippen MR) is 128 cm³/mol. The van der Waals surface area contributed by atoms with Crippen molar-refractivity contribution in [1.29, 1.82) is 0 Å². The van der Waals surface area contributed by atoms with Crippen LogP contribution in [0.25, 0.3) is 11.3 Å². The number of nitrogens with one attached hydrogen (secondary N) is 2. The van der Waals surface area contributed by atoms with Crippen LogP contribution in [0.3, 0.4) is 0 Å². The SMILES string of the molecule is Cc1c(-c2ccc(/C=N\NC(=O)[C@H](CC(C)C)NC(=O)c3ccccc3F)o2)cccc1[N+](=O)[O-]. The summed E-state index contributed by atoms with van der Waals surface area (Å²) in [6.07, 6.45) is 1.59. The molecule has 0 fully saturated rings. The average Bonchev–Trinajstić information content (AvgIpc) is 3.27. The Balaban J connectivity index is 1.69. The summed E-state index contributed by atoms with van der Waals surface area (Å²) in [4.78, 5) is 35.8. The van der Waals surface area contributed by atoms with E-state index < -0.39 is 28.6 Å². The lowest BCUT2D eigenvalue weighted by Gasteiger charge is -2.19. The van der Waals surface area contributed by atoms with Gasteiger partial charge in [0, 0.05) is 17.2 Å². The third kappa shape index (κ3) is 6.38. The van der Waals surface area contributed by atoms with Crippen LogP contribution in [0.1, 0.15) is 41.9 Å². The van der Waals surface area contributed by atoms with Gasteiger partial charge < -0.3 is 9.73 Å². The van der Waals surface area contributed by atoms with Gasteiger partial charge in [-0.2, -0.15) is 5.10 Å². The van der Waals surface area contributed by atoms with Crippen molar-refractivity contribution in [3.8, 4) is 11.3 Å². The zero-order valence-electron chi connectivity index (χ0n) is 19.4. The largest absolute Gasteiger partial charge is 0.455 e. The number of nitro groups is 1. The third-order valence-corrected chi connectivity index (χ3v) is 5.21. The number of furan rings is 1. The van der Waals surface area contributed by atoms with Crippen molar-refractivity contribution in [2.24, 2.45) is 11.0 Å². The first kappa shape index (κ1) is 25.3. The minimum atomic E-state index is -0.932. The number of benzene rings is 2. The first-order valence-electron chi connectivity index (χ1n) is 10.9. The lowest BCUT2D eigenvalue weighted by molar-refractivity contribution is -0.385. The van der Waals surface area contributed by atoms with Gasteiger partial charge in [0.05, 0.1) is 16.7 Å². The van der Waals surface area contributed by atoms with Crippen LogP contribution in [0.4, 0.5) is 10.1 Å². The summed E-state index contributed by atoms with van der Waals surface area (Å²) in [6, 6.07) is 12.5. The molecule has 2 N–H and O–H groups in total. The molecule has 1 aromatic heterocycles. The predicted octanol–water partition coefficient (Wildman–Crippen LogP) is 4.60. The van der Waals surface area contributed by atoms with E-state index in [1.54, 1.807) is 31.2 Å². The number of rotatable bonds is 9. The lowest BCUT2D eigenvalue weighted by Crippen LogP contribution is -2.46. The number of halogens is 1. The summed E-state index contributed by atoms with van der Waals surface area (Å²) in [5.41, 5.74) is 3.22. The van der Waals surface area contributed by atoms with Crippen LogP contribution in [-0.4, -0.2) is 29.0 Å². The molecule has 3 rings (SSSR count). The van der Waals surface area contributed by atoms with Gasteiger partial charge in [-0.3, -0.25) is 19.7 Å². The van der Waals surface area contributed by atoms with Gasteiger partial charge in [-0.1, -0.05) is 38.1 Å². The molecule has 0 aliphatic heterocycles. The van der Waals surface area contributed by atoms with E-state index in [-0.39, 0.29) is 17.2 Å². The molecular weight excluding hydrogens is 455 g/mol. The molecule has 0 radical (unpaired) electrons. The van der Waals surface area contributed by atoms with E-state index in [9.17, 15) is 24.1 Å². The normalized spacial score (nSPS) is 12.0.